The standard InChI is InChI=1S/C15H12FN3OS.BrH/c16-10-3-1-9(2-4-10)13(20)8-19-12-6-5-11(17)7-14(12)21-15(19)18;/h1-7,18H,8,17H2;1H. The van der Waals surface area contributed by atoms with Crippen LogP contribution in [0, 0.1) is 5.82 Å². The summed E-state index contributed by atoms with van der Waals surface area (Å²) in [6.45, 7) is 0.112. The van der Waals surface area contributed by atoms with Gasteiger partial charge in [-0.25, -0.2) is 8.96 Å². The molecular weight excluding hydrogens is 369 g/mol. The molecule has 4 nitrogen and oxygen atoms in total. The molecule has 0 amide bonds. The molecule has 0 unspecified atom stereocenters. The fourth-order valence-corrected chi connectivity index (χ4v) is 3.13. The summed E-state index contributed by atoms with van der Waals surface area (Å²) < 4.78 is 15.6. The summed E-state index contributed by atoms with van der Waals surface area (Å²) in [6.07, 6.45) is 0. The van der Waals surface area contributed by atoms with E-state index in [9.17, 15) is 9.18 Å². The number of thiazole rings is 1. The van der Waals surface area contributed by atoms with Gasteiger partial charge in [-0.3, -0.25) is 10.5 Å². The zero-order chi connectivity index (χ0) is 15.0. The number of halogens is 2. The van der Waals surface area contributed by atoms with Gasteiger partial charge in [0.1, 0.15) is 11.3 Å². The highest BCUT2D eigenvalue weighted by Gasteiger charge is 2.19. The maximum Gasteiger partial charge on any atom is 0.333 e. The van der Waals surface area contributed by atoms with Crippen LogP contribution in [0.15, 0.2) is 42.5 Å². The lowest BCUT2D eigenvalue weighted by molar-refractivity contribution is -0.638. The van der Waals surface area contributed by atoms with Crippen LogP contribution in [-0.4, -0.2) is 5.78 Å². The zero-order valence-corrected chi connectivity index (χ0v) is 13.8. The first-order chi connectivity index (χ1) is 10.0. The maximum absolute atomic E-state index is 12.9. The molecule has 0 saturated heterocycles. The Morgan fingerprint density at radius 1 is 1.14 bits per heavy atom. The fourth-order valence-electron chi connectivity index (χ4n) is 2.16. The molecule has 2 aromatic carbocycles. The normalized spacial score (nSPS) is 10.4. The van der Waals surface area contributed by atoms with Crippen molar-refractivity contribution in [2.75, 3.05) is 11.5 Å². The third kappa shape index (κ3) is 3.10. The molecule has 0 spiro atoms. The fraction of sp³-hybridized carbons (Fsp3) is 0.0667. The van der Waals surface area contributed by atoms with E-state index in [-0.39, 0.29) is 35.1 Å². The van der Waals surface area contributed by atoms with Crippen molar-refractivity contribution in [2.45, 2.75) is 6.54 Å². The average molecular weight is 382 g/mol. The third-order valence-electron chi connectivity index (χ3n) is 3.22. The monoisotopic (exact) mass is 381 g/mol. The van der Waals surface area contributed by atoms with Crippen molar-refractivity contribution in [1.29, 1.82) is 0 Å². The van der Waals surface area contributed by atoms with Crippen molar-refractivity contribution in [3.05, 3.63) is 53.8 Å². The molecule has 1 heterocycles. The number of anilines is 2. The third-order valence-corrected chi connectivity index (χ3v) is 4.20. The Morgan fingerprint density at radius 2 is 1.82 bits per heavy atom. The van der Waals surface area contributed by atoms with Crippen molar-refractivity contribution >= 4 is 38.2 Å². The molecule has 0 aliphatic carbocycles. The van der Waals surface area contributed by atoms with Gasteiger partial charge in [-0.15, -0.1) is 0 Å². The number of aromatic nitrogens is 1. The molecule has 0 radical (unpaired) electrons. The zero-order valence-electron chi connectivity index (χ0n) is 11.4. The van der Waals surface area contributed by atoms with E-state index in [4.69, 9.17) is 11.5 Å². The Kier molecular flexibility index (Phi) is 4.77. The number of rotatable bonds is 3. The molecule has 22 heavy (non-hydrogen) atoms. The van der Waals surface area contributed by atoms with Gasteiger partial charge in [0.25, 0.3) is 0 Å². The van der Waals surface area contributed by atoms with Crippen LogP contribution >= 0.6 is 11.3 Å². The number of Topliss-reactive ketones (excluding diaryl/α,β-unsaturated/α-hetero) is 1. The van der Waals surface area contributed by atoms with Crippen LogP contribution in [0.5, 0.6) is 0 Å². The summed E-state index contributed by atoms with van der Waals surface area (Å²) in [5, 5.41) is 0.533. The molecular formula is C15H13BrFN3OS. The summed E-state index contributed by atoms with van der Waals surface area (Å²) in [7, 11) is 0. The minimum Gasteiger partial charge on any atom is -1.00 e. The molecule has 0 atom stereocenters. The van der Waals surface area contributed by atoms with Crippen LogP contribution in [-0.2, 0) is 6.54 Å². The van der Waals surface area contributed by atoms with E-state index >= 15 is 0 Å². The first-order valence-electron chi connectivity index (χ1n) is 6.31. The van der Waals surface area contributed by atoms with E-state index in [1.54, 1.807) is 10.6 Å². The van der Waals surface area contributed by atoms with Gasteiger partial charge in [-0.2, -0.15) is 0 Å². The van der Waals surface area contributed by atoms with Crippen molar-refractivity contribution in [2.24, 2.45) is 0 Å². The molecule has 0 aliphatic heterocycles. The molecule has 114 valence electrons. The van der Waals surface area contributed by atoms with Gasteiger partial charge < -0.3 is 22.7 Å². The lowest BCUT2D eigenvalue weighted by atomic mass is 10.1. The molecule has 7 heteroatoms. The van der Waals surface area contributed by atoms with Gasteiger partial charge in [-0.05, 0) is 53.8 Å². The largest absolute Gasteiger partial charge is 1.00 e. The molecule has 0 saturated carbocycles. The Hall–Kier alpha value is -1.99. The van der Waals surface area contributed by atoms with Crippen molar-refractivity contribution in [1.82, 2.24) is 0 Å². The number of hydrogen-bond acceptors (Lipinski definition) is 4. The van der Waals surface area contributed by atoms with Crippen LogP contribution in [0.3, 0.4) is 0 Å². The Bertz CT molecular complexity index is 833. The number of nitrogen functional groups attached to an aromatic ring is 2. The quantitative estimate of drug-likeness (QED) is 0.360. The summed E-state index contributed by atoms with van der Waals surface area (Å²) in [6, 6.07) is 10.9. The van der Waals surface area contributed by atoms with Gasteiger partial charge in [-0.1, -0.05) is 0 Å². The van der Waals surface area contributed by atoms with Crippen molar-refractivity contribution in [3.8, 4) is 0 Å². The lowest BCUT2D eigenvalue weighted by Crippen LogP contribution is -3.00. The number of ketones is 1. The highest BCUT2D eigenvalue weighted by atomic mass is 79.9. The molecule has 3 rings (SSSR count). The summed E-state index contributed by atoms with van der Waals surface area (Å²) in [5.41, 5.74) is 13.7. The second-order valence-electron chi connectivity index (χ2n) is 4.68. The lowest BCUT2D eigenvalue weighted by Gasteiger charge is -2.01. The summed E-state index contributed by atoms with van der Waals surface area (Å²) in [5.74, 6) is -0.488. The first-order valence-corrected chi connectivity index (χ1v) is 7.12. The van der Waals surface area contributed by atoms with Crippen LogP contribution in [0.25, 0.3) is 10.2 Å². The predicted octanol–water partition coefficient (Wildman–Crippen LogP) is -0.621. The second-order valence-corrected chi connectivity index (χ2v) is 5.75. The highest BCUT2D eigenvalue weighted by molar-refractivity contribution is 7.21. The van der Waals surface area contributed by atoms with Crippen LogP contribution in [0.2, 0.25) is 0 Å². The van der Waals surface area contributed by atoms with Crippen molar-refractivity contribution in [3.63, 3.8) is 0 Å². The van der Waals surface area contributed by atoms with Gasteiger partial charge in [0.2, 0.25) is 5.78 Å². The number of benzene rings is 2. The molecule has 1 aromatic heterocycles. The predicted molar refractivity (Wildman–Crippen MR) is 81.6 cm³/mol. The van der Waals surface area contributed by atoms with E-state index < -0.39 is 0 Å². The molecule has 3 aromatic rings. The van der Waals surface area contributed by atoms with Gasteiger partial charge in [0.05, 0.1) is 4.70 Å². The van der Waals surface area contributed by atoms with Crippen molar-refractivity contribution < 1.29 is 30.7 Å². The Morgan fingerprint density at radius 3 is 2.50 bits per heavy atom. The van der Waals surface area contributed by atoms with E-state index in [1.165, 1.54) is 35.6 Å². The van der Waals surface area contributed by atoms with E-state index in [1.807, 2.05) is 12.1 Å². The molecule has 4 N–H and O–H groups in total. The molecule has 0 aliphatic rings. The van der Waals surface area contributed by atoms with Crippen LogP contribution in [0.1, 0.15) is 10.4 Å². The SMILES string of the molecule is Nc1ccc2c(c1)sc(N)[n+]2CC(=O)c1ccc(F)cc1.[Br-]. The molecule has 0 fully saturated rings. The van der Waals surface area contributed by atoms with Gasteiger partial charge >= 0.3 is 5.13 Å². The number of carbonyl (C=O) groups is 1. The Labute approximate surface area is 140 Å². The van der Waals surface area contributed by atoms with Crippen LogP contribution < -0.4 is 33.0 Å². The minimum atomic E-state index is -0.366. The van der Waals surface area contributed by atoms with Gasteiger partial charge in [0, 0.05) is 11.3 Å². The summed E-state index contributed by atoms with van der Waals surface area (Å²) >= 11 is 1.38. The maximum atomic E-state index is 12.9. The first kappa shape index (κ1) is 16.4. The molecule has 0 bridgehead atoms. The summed E-state index contributed by atoms with van der Waals surface area (Å²) in [4.78, 5) is 12.3. The smallest absolute Gasteiger partial charge is 0.333 e. The average Bonchev–Trinajstić information content (AvgIpc) is 2.75. The number of nitrogens with two attached hydrogens (primary N) is 2. The minimum absolute atomic E-state index is 0. The highest BCUT2D eigenvalue weighted by Crippen LogP contribution is 2.24. The number of fused-ring (bicyclic) bond motifs is 1. The van der Waals surface area contributed by atoms with E-state index in [2.05, 4.69) is 0 Å². The van der Waals surface area contributed by atoms with Crippen LogP contribution in [0.4, 0.5) is 15.2 Å². The van der Waals surface area contributed by atoms with Gasteiger partial charge in [0.15, 0.2) is 6.54 Å². The van der Waals surface area contributed by atoms with E-state index in [0.717, 1.165) is 10.2 Å². The number of hydrogen-bond donors (Lipinski definition) is 2. The number of carbonyl (C=O) groups excluding carboxylic acids is 1. The van der Waals surface area contributed by atoms with E-state index in [0.29, 0.717) is 16.4 Å². The topological polar surface area (TPSA) is 73.0 Å². The second kappa shape index (κ2) is 6.41. The number of nitrogens with zero attached hydrogens (tertiary/aromatic N) is 1. The Balaban J connectivity index is 0.00000176.